The zero-order valence-electron chi connectivity index (χ0n) is 28.6. The molecule has 1 unspecified atom stereocenters. The van der Waals surface area contributed by atoms with Crippen molar-refractivity contribution in [3.63, 3.8) is 0 Å². The van der Waals surface area contributed by atoms with Crippen LogP contribution < -0.4 is 4.74 Å². The standard InChI is InChI=1S/C37H55F6NO4/c1-35-24-30(38)34-28-13-12-27(48-32-11-5-7-21-47-32)23-26(28)22-25(33(34)29(35)14-15-31(35)45)10-4-3-6-17-44(2)18-9-20-46-19-8-16-36(39,40)37(41,42)43/h12-13,23,25,29-34,45H,3-11,14-22,24H2,1-2H3/t25-,29+,30+,31+,32?,33+,34+,35+/m1/s1. The van der Waals surface area contributed by atoms with Gasteiger partial charge in [-0.15, -0.1) is 0 Å². The summed E-state index contributed by atoms with van der Waals surface area (Å²) in [6, 6.07) is 6.20. The molecule has 3 aliphatic carbocycles. The SMILES string of the molecule is CN(CCCCC[C@@H]1Cc2cc(OC3CCCCO3)ccc2[C@@H]2[C@@H]1[C@@H]1CC[C@H](O)[C@@]1(C)C[C@@H]2F)CCCOCCCC(F)(F)C(F)(F)F. The topological polar surface area (TPSA) is 51.2 Å². The van der Waals surface area contributed by atoms with Crippen molar-refractivity contribution in [2.24, 2.45) is 23.2 Å². The predicted octanol–water partition coefficient (Wildman–Crippen LogP) is 8.86. The van der Waals surface area contributed by atoms with E-state index in [2.05, 4.69) is 24.0 Å². The average Bonchev–Trinajstić information content (AvgIpc) is 3.32. The van der Waals surface area contributed by atoms with E-state index in [1.165, 1.54) is 5.56 Å². The second-order valence-electron chi connectivity index (χ2n) is 15.2. The molecular weight excluding hydrogens is 636 g/mol. The minimum Gasteiger partial charge on any atom is -0.465 e. The summed E-state index contributed by atoms with van der Waals surface area (Å²) in [4.78, 5) is 2.19. The molecule has 0 amide bonds. The van der Waals surface area contributed by atoms with E-state index in [-0.39, 0.29) is 36.6 Å². The number of alkyl halides is 6. The maximum absolute atomic E-state index is 16.3. The van der Waals surface area contributed by atoms with E-state index in [9.17, 15) is 27.1 Å². The zero-order chi connectivity index (χ0) is 34.5. The van der Waals surface area contributed by atoms with Crippen LogP contribution in [0.3, 0.4) is 0 Å². The van der Waals surface area contributed by atoms with E-state index in [0.717, 1.165) is 88.6 Å². The number of halogens is 6. The Labute approximate surface area is 282 Å². The van der Waals surface area contributed by atoms with Gasteiger partial charge in [0, 0.05) is 38.5 Å². The summed E-state index contributed by atoms with van der Waals surface area (Å²) in [5.74, 6) is -3.18. The monoisotopic (exact) mass is 691 g/mol. The van der Waals surface area contributed by atoms with Gasteiger partial charge in [0.1, 0.15) is 11.9 Å². The Hall–Kier alpha value is -1.56. The number of nitrogens with zero attached hydrogens (tertiary/aromatic N) is 1. The molecule has 0 bridgehead atoms. The van der Waals surface area contributed by atoms with Gasteiger partial charge in [-0.05, 0) is 124 Å². The summed E-state index contributed by atoms with van der Waals surface area (Å²) in [6.07, 6.45) is 2.01. The van der Waals surface area contributed by atoms with Crippen molar-refractivity contribution < 1.29 is 45.7 Å². The van der Waals surface area contributed by atoms with E-state index in [1.54, 1.807) is 0 Å². The number of hydrogen-bond donors (Lipinski definition) is 1. The van der Waals surface area contributed by atoms with Crippen LogP contribution in [-0.4, -0.2) is 80.6 Å². The first-order valence-corrected chi connectivity index (χ1v) is 18.2. The number of fused-ring (bicyclic) bond motifs is 5. The van der Waals surface area contributed by atoms with E-state index >= 15 is 4.39 Å². The zero-order valence-corrected chi connectivity index (χ0v) is 28.6. The Morgan fingerprint density at radius 2 is 1.75 bits per heavy atom. The highest BCUT2D eigenvalue weighted by Gasteiger charge is 2.60. The minimum atomic E-state index is -5.52. The van der Waals surface area contributed by atoms with E-state index in [0.29, 0.717) is 37.9 Å². The van der Waals surface area contributed by atoms with Gasteiger partial charge >= 0.3 is 12.1 Å². The normalized spacial score (nSPS) is 32.2. The van der Waals surface area contributed by atoms with Gasteiger partial charge in [0.15, 0.2) is 6.29 Å². The average molecular weight is 692 g/mol. The highest BCUT2D eigenvalue weighted by atomic mass is 19.4. The van der Waals surface area contributed by atoms with Gasteiger partial charge in [-0.1, -0.05) is 25.8 Å². The Morgan fingerprint density at radius 3 is 2.50 bits per heavy atom. The Balaban J connectivity index is 1.10. The molecule has 48 heavy (non-hydrogen) atoms. The molecule has 0 aromatic heterocycles. The molecule has 1 aromatic carbocycles. The Kier molecular flexibility index (Phi) is 12.7. The van der Waals surface area contributed by atoms with Gasteiger partial charge in [-0.3, -0.25) is 0 Å². The molecule has 0 radical (unpaired) electrons. The van der Waals surface area contributed by atoms with Crippen LogP contribution in [-0.2, 0) is 15.9 Å². The minimum absolute atomic E-state index is 0.117. The first-order chi connectivity index (χ1) is 22.8. The summed E-state index contributed by atoms with van der Waals surface area (Å²) >= 11 is 0. The highest BCUT2D eigenvalue weighted by Crippen LogP contribution is 2.63. The third-order valence-electron chi connectivity index (χ3n) is 11.8. The lowest BCUT2D eigenvalue weighted by atomic mass is 9.51. The Morgan fingerprint density at radius 1 is 0.979 bits per heavy atom. The number of aliphatic hydroxyl groups is 1. The molecule has 11 heteroatoms. The van der Waals surface area contributed by atoms with Crippen LogP contribution in [0.5, 0.6) is 5.75 Å². The summed E-state index contributed by atoms with van der Waals surface area (Å²) in [5, 5.41) is 11.0. The fourth-order valence-electron chi connectivity index (χ4n) is 9.21. The molecule has 1 heterocycles. The number of unbranched alkanes of at least 4 members (excludes halogenated alkanes) is 2. The maximum atomic E-state index is 16.3. The van der Waals surface area contributed by atoms with Crippen LogP contribution in [0.15, 0.2) is 18.2 Å². The molecule has 274 valence electrons. The lowest BCUT2D eigenvalue weighted by molar-refractivity contribution is -0.285. The maximum Gasteiger partial charge on any atom is 0.453 e. The van der Waals surface area contributed by atoms with Gasteiger partial charge in [0.25, 0.3) is 0 Å². The van der Waals surface area contributed by atoms with Crippen LogP contribution >= 0.6 is 0 Å². The summed E-state index contributed by atoms with van der Waals surface area (Å²) < 4.78 is 96.3. The van der Waals surface area contributed by atoms with Crippen molar-refractivity contribution >= 4 is 0 Å². The van der Waals surface area contributed by atoms with Gasteiger partial charge in [0.2, 0.25) is 0 Å². The van der Waals surface area contributed by atoms with E-state index < -0.39 is 30.8 Å². The first-order valence-electron chi connectivity index (χ1n) is 18.2. The van der Waals surface area contributed by atoms with Crippen molar-refractivity contribution in [1.82, 2.24) is 4.90 Å². The number of aliphatic hydroxyl groups excluding tert-OH is 1. The quantitative estimate of drug-likeness (QED) is 0.139. The van der Waals surface area contributed by atoms with Crippen molar-refractivity contribution in [3.8, 4) is 5.75 Å². The van der Waals surface area contributed by atoms with Gasteiger partial charge in [-0.2, -0.15) is 22.0 Å². The summed E-state index contributed by atoms with van der Waals surface area (Å²) in [7, 11) is 2.01. The largest absolute Gasteiger partial charge is 0.465 e. The molecule has 1 aliphatic heterocycles. The van der Waals surface area contributed by atoms with Crippen LogP contribution in [0.4, 0.5) is 26.3 Å². The number of hydrogen-bond acceptors (Lipinski definition) is 5. The fourth-order valence-corrected chi connectivity index (χ4v) is 9.21. The predicted molar refractivity (Wildman–Crippen MR) is 172 cm³/mol. The molecule has 5 rings (SSSR count). The molecule has 0 spiro atoms. The van der Waals surface area contributed by atoms with E-state index in [1.807, 2.05) is 13.1 Å². The molecule has 4 aliphatic rings. The molecule has 1 N–H and O–H groups in total. The lowest BCUT2D eigenvalue weighted by Crippen LogP contribution is -2.51. The summed E-state index contributed by atoms with van der Waals surface area (Å²) in [6.45, 7) is 4.66. The van der Waals surface area contributed by atoms with Gasteiger partial charge in [0.05, 0.1) is 12.7 Å². The number of benzene rings is 1. The van der Waals surface area contributed by atoms with E-state index in [4.69, 9.17) is 14.2 Å². The number of rotatable bonds is 16. The molecule has 8 atom stereocenters. The molecule has 1 aromatic rings. The smallest absolute Gasteiger partial charge is 0.453 e. The van der Waals surface area contributed by atoms with Crippen LogP contribution in [0, 0.1) is 23.2 Å². The van der Waals surface area contributed by atoms with Crippen molar-refractivity contribution in [1.29, 1.82) is 0 Å². The van der Waals surface area contributed by atoms with Crippen molar-refractivity contribution in [2.75, 3.05) is 40.0 Å². The van der Waals surface area contributed by atoms with Crippen molar-refractivity contribution in [3.05, 3.63) is 29.3 Å². The van der Waals surface area contributed by atoms with Crippen molar-refractivity contribution in [2.45, 2.75) is 133 Å². The second-order valence-corrected chi connectivity index (χ2v) is 15.2. The molecule has 5 nitrogen and oxygen atoms in total. The fraction of sp³-hybridized carbons (Fsp3) is 0.838. The summed E-state index contributed by atoms with van der Waals surface area (Å²) in [5.41, 5.74) is 1.93. The lowest BCUT2D eigenvalue weighted by Gasteiger charge is -2.54. The number of ether oxygens (including phenoxy) is 3. The molecule has 2 saturated carbocycles. The van der Waals surface area contributed by atoms with Gasteiger partial charge in [-0.25, -0.2) is 4.39 Å². The Bertz CT molecular complexity index is 1160. The first kappa shape index (κ1) is 37.7. The van der Waals surface area contributed by atoms with Crippen LogP contribution in [0.1, 0.15) is 107 Å². The molecular formula is C37H55F6NO4. The molecule has 1 saturated heterocycles. The second kappa shape index (κ2) is 16.2. The van der Waals surface area contributed by atoms with Crippen LogP contribution in [0.2, 0.25) is 0 Å². The molecule has 3 fully saturated rings. The van der Waals surface area contributed by atoms with Gasteiger partial charge < -0.3 is 24.2 Å². The van der Waals surface area contributed by atoms with Crippen LogP contribution in [0.25, 0.3) is 0 Å². The third kappa shape index (κ3) is 8.83. The third-order valence-corrected chi connectivity index (χ3v) is 11.8. The highest BCUT2D eigenvalue weighted by molar-refractivity contribution is 5.42.